The minimum atomic E-state index is -2.59. The summed E-state index contributed by atoms with van der Waals surface area (Å²) in [6.07, 6.45) is 1.28. The van der Waals surface area contributed by atoms with E-state index < -0.39 is 25.8 Å². The SMILES string of the molecule is CCOc1ccc2c(c1)CC(NCCCCO)C(=O)N2c1ccc(CN2C(=O)[C@]3(O[C@H](CC(=O)N(CCO)Cc4ccccc4)[C@@H]([Si](C)(C)c4ccc(OC)cc4)[C@@H]3C)c3cc(Cl)ccc32)cc1. The van der Waals surface area contributed by atoms with Gasteiger partial charge in [-0.3, -0.25) is 19.3 Å². The number of amides is 3. The number of aliphatic hydroxyl groups excluding tert-OH is 2. The molecule has 12 nitrogen and oxygen atoms in total. The zero-order valence-corrected chi connectivity index (χ0v) is 41.4. The predicted octanol–water partition coefficient (Wildman–Crippen LogP) is 7.87. The highest BCUT2D eigenvalue weighted by Gasteiger charge is 2.66. The fourth-order valence-corrected chi connectivity index (χ4v) is 15.0. The van der Waals surface area contributed by atoms with Gasteiger partial charge >= 0.3 is 0 Å². The lowest BCUT2D eigenvalue weighted by atomic mass is 9.82. The molecule has 0 bridgehead atoms. The van der Waals surface area contributed by atoms with Gasteiger partial charge in [-0.2, -0.15) is 0 Å². The maximum absolute atomic E-state index is 15.6. The number of carbonyl (C=O) groups excluding carboxylic acids is 3. The summed E-state index contributed by atoms with van der Waals surface area (Å²) in [7, 11) is -0.951. The average Bonchev–Trinajstić information content (AvgIpc) is 3.76. The third-order valence-electron chi connectivity index (χ3n) is 14.2. The van der Waals surface area contributed by atoms with Crippen LogP contribution in [0.15, 0.2) is 115 Å². The smallest absolute Gasteiger partial charge is 0.264 e. The highest BCUT2D eigenvalue weighted by molar-refractivity contribution is 6.91. The van der Waals surface area contributed by atoms with E-state index in [0.717, 1.165) is 45.5 Å². The van der Waals surface area contributed by atoms with Gasteiger partial charge in [-0.25, -0.2) is 0 Å². The Kier molecular flexibility index (Phi) is 15.1. The Morgan fingerprint density at radius 1 is 0.897 bits per heavy atom. The second-order valence-corrected chi connectivity index (χ2v) is 23.8. The molecular formula is C54H63ClN4O8Si. The normalized spacial score (nSPS) is 21.0. The molecule has 1 spiro atoms. The highest BCUT2D eigenvalue weighted by Crippen LogP contribution is 2.60. The Morgan fingerprint density at radius 3 is 2.31 bits per heavy atom. The molecule has 0 aromatic heterocycles. The highest BCUT2D eigenvalue weighted by atomic mass is 35.5. The monoisotopic (exact) mass is 958 g/mol. The van der Waals surface area contributed by atoms with E-state index >= 15 is 4.79 Å². The number of ether oxygens (including phenoxy) is 3. The van der Waals surface area contributed by atoms with Crippen LogP contribution in [0.4, 0.5) is 17.1 Å². The van der Waals surface area contributed by atoms with Crippen LogP contribution in [0.2, 0.25) is 23.7 Å². The van der Waals surface area contributed by atoms with Gasteiger partial charge in [0.1, 0.15) is 11.5 Å². The molecular weight excluding hydrogens is 896 g/mol. The van der Waals surface area contributed by atoms with Crippen LogP contribution in [0.1, 0.15) is 55.4 Å². The molecule has 3 amide bonds. The number of halogens is 1. The molecule has 5 aromatic rings. The van der Waals surface area contributed by atoms with Crippen molar-refractivity contribution in [2.75, 3.05) is 49.8 Å². The average molecular weight is 960 g/mol. The van der Waals surface area contributed by atoms with Gasteiger partial charge in [0.2, 0.25) is 11.8 Å². The van der Waals surface area contributed by atoms with Crippen molar-refractivity contribution in [1.82, 2.24) is 10.2 Å². The number of nitrogens with one attached hydrogen (secondary N) is 1. The van der Waals surface area contributed by atoms with Gasteiger partial charge < -0.3 is 39.5 Å². The van der Waals surface area contributed by atoms with E-state index in [0.29, 0.717) is 54.5 Å². The molecule has 3 aliphatic rings. The summed E-state index contributed by atoms with van der Waals surface area (Å²) in [5.41, 5.74) is 3.98. The molecule has 1 saturated heterocycles. The summed E-state index contributed by atoms with van der Waals surface area (Å²) in [5, 5.41) is 24.5. The van der Waals surface area contributed by atoms with E-state index in [-0.39, 0.29) is 61.9 Å². The van der Waals surface area contributed by atoms with E-state index in [1.165, 1.54) is 0 Å². The predicted molar refractivity (Wildman–Crippen MR) is 269 cm³/mol. The first-order valence-corrected chi connectivity index (χ1v) is 27.2. The van der Waals surface area contributed by atoms with Crippen molar-refractivity contribution < 1.29 is 38.8 Å². The molecule has 8 rings (SSSR count). The van der Waals surface area contributed by atoms with Gasteiger partial charge in [0.05, 0.1) is 64.9 Å². The Balaban J connectivity index is 1.12. The molecule has 14 heteroatoms. The van der Waals surface area contributed by atoms with E-state index in [9.17, 15) is 19.8 Å². The Labute approximate surface area is 405 Å². The minimum absolute atomic E-state index is 0.0190. The number of rotatable bonds is 19. The van der Waals surface area contributed by atoms with Crippen LogP contribution in [-0.2, 0) is 44.2 Å². The summed E-state index contributed by atoms with van der Waals surface area (Å²) >= 11 is 6.80. The van der Waals surface area contributed by atoms with Crippen LogP contribution in [0.5, 0.6) is 11.5 Å². The van der Waals surface area contributed by atoms with Crippen molar-refractivity contribution in [3.05, 3.63) is 143 Å². The largest absolute Gasteiger partial charge is 0.497 e. The zero-order valence-electron chi connectivity index (χ0n) is 39.6. The maximum Gasteiger partial charge on any atom is 0.264 e. The molecule has 3 N–H and O–H groups in total. The zero-order chi connectivity index (χ0) is 48.2. The molecule has 5 atom stereocenters. The summed E-state index contributed by atoms with van der Waals surface area (Å²) in [6, 6.07) is 36.4. The standard InChI is InChI=1S/C54H63ClN4O8Si/c1-6-66-43-21-25-47-39(30-43)31-46(56-26-10-11-28-60)52(63)59(47)41-17-14-38(15-18-41)35-58-48-24-16-40(55)32-45(48)54(53(58)64)36(2)51(68(4,5)44-22-19-42(65-3)20-23-44)49(67-54)33-50(62)57(27-29-61)34-37-12-8-7-9-13-37/h7-9,12-25,30,32,36,46,49,51,56,60-61H,6,10-11,26-29,31,33-35H2,1-5H3/t36-,46?,49+,51-,54+/m0/s1. The van der Waals surface area contributed by atoms with Gasteiger partial charge in [-0.05, 0) is 116 Å². The Hall–Kier alpha value is -5.54. The van der Waals surface area contributed by atoms with E-state index in [2.05, 4.69) is 37.5 Å². The van der Waals surface area contributed by atoms with Crippen LogP contribution >= 0.6 is 11.6 Å². The molecule has 0 radical (unpaired) electrons. The lowest BCUT2D eigenvalue weighted by Crippen LogP contribution is -2.52. The number of unbranched alkanes of at least 4 members (excludes halogenated alkanes) is 1. The number of benzene rings is 5. The third kappa shape index (κ3) is 9.57. The van der Waals surface area contributed by atoms with Crippen molar-refractivity contribution in [2.45, 2.75) is 89.0 Å². The molecule has 3 heterocycles. The topological polar surface area (TPSA) is 141 Å². The van der Waals surface area contributed by atoms with Gasteiger partial charge in [-0.15, -0.1) is 0 Å². The number of fused-ring (bicyclic) bond motifs is 3. The number of anilines is 3. The summed E-state index contributed by atoms with van der Waals surface area (Å²) in [6.45, 7) is 10.3. The maximum atomic E-state index is 15.6. The first-order valence-electron chi connectivity index (χ1n) is 23.7. The van der Waals surface area contributed by atoms with Crippen molar-refractivity contribution >= 4 is 59.6 Å². The number of nitrogens with zero attached hydrogens (tertiary/aromatic N) is 3. The number of methoxy groups -OCH3 is 1. The van der Waals surface area contributed by atoms with Gasteiger partial charge in [0.25, 0.3) is 5.91 Å². The number of aliphatic hydroxyl groups is 2. The van der Waals surface area contributed by atoms with E-state index in [4.69, 9.17) is 25.8 Å². The molecule has 358 valence electrons. The number of carbonyl (C=O) groups is 3. The minimum Gasteiger partial charge on any atom is -0.497 e. The van der Waals surface area contributed by atoms with E-state index in [1.807, 2.05) is 104 Å². The van der Waals surface area contributed by atoms with Crippen molar-refractivity contribution in [1.29, 1.82) is 0 Å². The van der Waals surface area contributed by atoms with Crippen LogP contribution in [0, 0.1) is 5.92 Å². The molecule has 68 heavy (non-hydrogen) atoms. The Bertz CT molecular complexity index is 2580. The van der Waals surface area contributed by atoms with Crippen molar-refractivity contribution in [3.63, 3.8) is 0 Å². The second-order valence-electron chi connectivity index (χ2n) is 18.6. The van der Waals surface area contributed by atoms with Gasteiger partial charge in [0, 0.05) is 41.9 Å². The second kappa shape index (κ2) is 21.0. The van der Waals surface area contributed by atoms with Gasteiger partial charge in [-0.1, -0.05) is 91.4 Å². The molecule has 1 unspecified atom stereocenters. The fourth-order valence-electron chi connectivity index (χ4n) is 10.8. The van der Waals surface area contributed by atoms with Crippen LogP contribution in [0.25, 0.3) is 0 Å². The number of hydrogen-bond acceptors (Lipinski definition) is 9. The van der Waals surface area contributed by atoms with E-state index in [1.54, 1.807) is 27.9 Å². The lowest BCUT2D eigenvalue weighted by Gasteiger charge is -2.37. The molecule has 0 saturated carbocycles. The van der Waals surface area contributed by atoms with Crippen molar-refractivity contribution in [2.24, 2.45) is 5.92 Å². The fraction of sp³-hybridized carbons (Fsp3) is 0.389. The van der Waals surface area contributed by atoms with Gasteiger partial charge in [0.15, 0.2) is 5.60 Å². The molecule has 0 aliphatic carbocycles. The lowest BCUT2D eigenvalue weighted by molar-refractivity contribution is -0.150. The summed E-state index contributed by atoms with van der Waals surface area (Å²) in [4.78, 5) is 49.5. The molecule has 5 aromatic carbocycles. The quantitative estimate of drug-likeness (QED) is 0.0557. The van der Waals surface area contributed by atoms with Crippen LogP contribution in [0.3, 0.4) is 0 Å². The van der Waals surface area contributed by atoms with Crippen LogP contribution < -0.4 is 29.8 Å². The molecule has 1 fully saturated rings. The number of hydrogen-bond donors (Lipinski definition) is 3. The summed E-state index contributed by atoms with van der Waals surface area (Å²) < 4.78 is 18.6. The summed E-state index contributed by atoms with van der Waals surface area (Å²) in [5.74, 6) is 0.655. The molecule has 3 aliphatic heterocycles. The first-order chi connectivity index (χ1) is 32.8. The Morgan fingerprint density at radius 2 is 1.62 bits per heavy atom. The van der Waals surface area contributed by atoms with Crippen LogP contribution in [-0.4, -0.2) is 93.1 Å². The third-order valence-corrected chi connectivity index (χ3v) is 18.8. The van der Waals surface area contributed by atoms with Crippen molar-refractivity contribution in [3.8, 4) is 11.5 Å². The first kappa shape index (κ1) is 48.9.